The number of piperidine rings is 1. The molecule has 0 spiro atoms. The third kappa shape index (κ3) is 5.22. The van der Waals surface area contributed by atoms with E-state index < -0.39 is 11.6 Å². The summed E-state index contributed by atoms with van der Waals surface area (Å²) in [6.45, 7) is 17.0. The lowest BCUT2D eigenvalue weighted by Crippen LogP contribution is -2.67. The Labute approximate surface area is 291 Å². The monoisotopic (exact) mass is 663 g/mol. The van der Waals surface area contributed by atoms with Crippen molar-refractivity contribution in [3.05, 3.63) is 23.3 Å². The lowest BCUT2D eigenvalue weighted by atomic mass is 9.33. The smallest absolute Gasteiger partial charge is 0.306 e. The van der Waals surface area contributed by atoms with E-state index in [1.165, 1.54) is 75.4 Å². The van der Waals surface area contributed by atoms with Crippen LogP contribution < -0.4 is 5.32 Å². The van der Waals surface area contributed by atoms with Crippen molar-refractivity contribution in [2.75, 3.05) is 19.6 Å². The van der Waals surface area contributed by atoms with Gasteiger partial charge in [-0.25, -0.2) is 0 Å². The molecule has 6 nitrogen and oxygen atoms in total. The Morgan fingerprint density at radius 3 is 2.27 bits per heavy atom. The number of rotatable bonds is 6. The maximum Gasteiger partial charge on any atom is 0.306 e. The average molecular weight is 663 g/mol. The highest BCUT2D eigenvalue weighted by Crippen LogP contribution is 2.76. The fraction of sp³-hybridized carbons (Fsp3) is 0.857. The van der Waals surface area contributed by atoms with E-state index in [-0.39, 0.29) is 22.8 Å². The van der Waals surface area contributed by atoms with Crippen molar-refractivity contribution in [3.8, 4) is 0 Å². The largest absolute Gasteiger partial charge is 0.481 e. The van der Waals surface area contributed by atoms with E-state index in [0.29, 0.717) is 54.5 Å². The normalized spacial score (nSPS) is 44.7. The summed E-state index contributed by atoms with van der Waals surface area (Å²) in [5.74, 6) is 2.16. The van der Waals surface area contributed by atoms with Crippen LogP contribution in [0.3, 0.4) is 0 Å². The summed E-state index contributed by atoms with van der Waals surface area (Å²) in [6, 6.07) is 0. The highest BCUT2D eigenvalue weighted by Gasteiger charge is 2.69. The molecule has 6 aliphatic carbocycles. The zero-order chi connectivity index (χ0) is 34.3. The van der Waals surface area contributed by atoms with Gasteiger partial charge >= 0.3 is 5.97 Å². The summed E-state index contributed by atoms with van der Waals surface area (Å²) in [6.07, 6.45) is 22.5. The number of fused-ring (bicyclic) bond motifs is 7. The van der Waals surface area contributed by atoms with Crippen LogP contribution in [0, 0.1) is 51.2 Å². The number of carboxylic acids is 1. The second-order valence-electron chi connectivity index (χ2n) is 19.3. The minimum atomic E-state index is -0.650. The maximum atomic E-state index is 11.8. The third-order valence-corrected chi connectivity index (χ3v) is 17.3. The summed E-state index contributed by atoms with van der Waals surface area (Å²) >= 11 is 0. The van der Waals surface area contributed by atoms with Crippen LogP contribution in [0.5, 0.6) is 0 Å². The van der Waals surface area contributed by atoms with Crippen LogP contribution in [0.1, 0.15) is 144 Å². The van der Waals surface area contributed by atoms with Crippen molar-refractivity contribution in [1.29, 1.82) is 0 Å². The van der Waals surface area contributed by atoms with Crippen molar-refractivity contribution in [1.82, 2.24) is 10.2 Å². The second-order valence-corrected chi connectivity index (χ2v) is 19.3. The summed E-state index contributed by atoms with van der Waals surface area (Å²) < 4.78 is 0. The second kappa shape index (κ2) is 12.0. The van der Waals surface area contributed by atoms with E-state index in [1.54, 1.807) is 6.92 Å². The van der Waals surface area contributed by atoms with Gasteiger partial charge in [0.05, 0.1) is 11.5 Å². The molecule has 1 heterocycles. The third-order valence-electron chi connectivity index (χ3n) is 17.3. The predicted molar refractivity (Wildman–Crippen MR) is 191 cm³/mol. The molecule has 1 amide bonds. The summed E-state index contributed by atoms with van der Waals surface area (Å²) in [7, 11) is 0. The minimum Gasteiger partial charge on any atom is -0.481 e. The van der Waals surface area contributed by atoms with Crippen molar-refractivity contribution in [2.24, 2.45) is 51.2 Å². The number of amides is 1. The van der Waals surface area contributed by atoms with Crippen LogP contribution in [0.4, 0.5) is 0 Å². The molecule has 0 radical (unpaired) electrons. The molecule has 0 aromatic rings. The average Bonchev–Trinajstić information content (AvgIpc) is 3.45. The van der Waals surface area contributed by atoms with Crippen molar-refractivity contribution < 1.29 is 19.8 Å². The quantitative estimate of drug-likeness (QED) is 0.266. The number of nitrogens with one attached hydrogen (secondary N) is 1. The first-order valence-electron chi connectivity index (χ1n) is 19.9. The van der Waals surface area contributed by atoms with Crippen LogP contribution in [-0.2, 0) is 9.59 Å². The highest BCUT2D eigenvalue weighted by molar-refractivity contribution is 5.73. The molecule has 9 atom stereocenters. The van der Waals surface area contributed by atoms with Crippen LogP contribution in [0.15, 0.2) is 23.3 Å². The van der Waals surface area contributed by atoms with E-state index in [9.17, 15) is 19.8 Å². The van der Waals surface area contributed by atoms with Crippen molar-refractivity contribution in [3.63, 3.8) is 0 Å². The molecule has 48 heavy (non-hydrogen) atoms. The first-order valence-corrected chi connectivity index (χ1v) is 19.9. The fourth-order valence-electron chi connectivity index (χ4n) is 14.4. The predicted octanol–water partition coefficient (Wildman–Crippen LogP) is 8.29. The molecule has 1 aliphatic heterocycles. The molecule has 0 bridgehead atoms. The van der Waals surface area contributed by atoms with Gasteiger partial charge in [-0.1, -0.05) is 53.2 Å². The summed E-state index contributed by atoms with van der Waals surface area (Å²) in [5.41, 5.74) is 3.65. The number of likely N-dealkylation sites (tertiary alicyclic amines) is 1. The van der Waals surface area contributed by atoms with E-state index in [4.69, 9.17) is 0 Å². The van der Waals surface area contributed by atoms with E-state index in [2.05, 4.69) is 52.1 Å². The molecular weight excluding hydrogens is 596 g/mol. The number of carbonyl (C=O) groups is 2. The van der Waals surface area contributed by atoms with Gasteiger partial charge in [-0.2, -0.15) is 0 Å². The van der Waals surface area contributed by atoms with Crippen molar-refractivity contribution >= 4 is 11.9 Å². The van der Waals surface area contributed by atoms with E-state index in [1.807, 2.05) is 4.90 Å². The number of aliphatic carboxylic acids is 1. The molecule has 0 aromatic heterocycles. The molecule has 268 valence electrons. The molecule has 4 saturated carbocycles. The number of carboxylic acid groups (broad SMARTS) is 1. The van der Waals surface area contributed by atoms with Crippen LogP contribution >= 0.6 is 0 Å². The number of allylic oxidation sites excluding steroid dienone is 4. The molecule has 7 rings (SSSR count). The molecule has 6 unspecified atom stereocenters. The molecule has 0 aromatic carbocycles. The molecule has 5 fully saturated rings. The first-order chi connectivity index (χ1) is 22.6. The van der Waals surface area contributed by atoms with Gasteiger partial charge in [0.1, 0.15) is 0 Å². The van der Waals surface area contributed by atoms with Crippen LogP contribution in [0.25, 0.3) is 0 Å². The van der Waals surface area contributed by atoms with E-state index in [0.717, 1.165) is 43.6 Å². The standard InChI is InChI=1S/C42H66N2O4/c1-28(45)44-26-23-41(48,24-27-44)22-25-43-42-17-7-8-33(42)32-13-14-35-38(4)18-15-31(29-9-11-30(12-10-29)36(46)47)37(2,3)34(38)16-19-40(35,6)39(32,5)20-21-42/h9,15,30,32-35,43,48H,7-8,10-14,16-27H2,1-6H3,(H,46,47)/t30-,32?,33?,34?,35?,38?,39+,40+,42?/m0/s1. The highest BCUT2D eigenvalue weighted by atomic mass is 16.4. The van der Waals surface area contributed by atoms with Gasteiger partial charge in [0.25, 0.3) is 0 Å². The summed E-state index contributed by atoms with van der Waals surface area (Å²) in [5, 5.41) is 25.1. The van der Waals surface area contributed by atoms with Crippen LogP contribution in [0.2, 0.25) is 0 Å². The number of hydrogen-bond donors (Lipinski definition) is 3. The maximum absolute atomic E-state index is 11.8. The number of aliphatic hydroxyl groups is 1. The van der Waals surface area contributed by atoms with E-state index >= 15 is 0 Å². The molecule has 3 N–H and O–H groups in total. The molecule has 6 heteroatoms. The number of carbonyl (C=O) groups excluding carboxylic acids is 1. The lowest BCUT2D eigenvalue weighted by molar-refractivity contribution is -0.218. The Morgan fingerprint density at radius 1 is 0.854 bits per heavy atom. The van der Waals surface area contributed by atoms with Gasteiger partial charge in [-0.15, -0.1) is 0 Å². The zero-order valence-corrected chi connectivity index (χ0v) is 31.1. The Hall–Kier alpha value is -1.66. The number of nitrogens with zero attached hydrogens (tertiary/aromatic N) is 1. The molecule has 1 saturated heterocycles. The molecular formula is C42H66N2O4. The lowest BCUT2D eigenvalue weighted by Gasteiger charge is -2.72. The van der Waals surface area contributed by atoms with Gasteiger partial charge in [0, 0.05) is 25.6 Å². The zero-order valence-electron chi connectivity index (χ0n) is 31.1. The van der Waals surface area contributed by atoms with Gasteiger partial charge in [-0.3, -0.25) is 9.59 Å². The Bertz CT molecular complexity index is 1360. The first kappa shape index (κ1) is 34.8. The summed E-state index contributed by atoms with van der Waals surface area (Å²) in [4.78, 5) is 25.4. The van der Waals surface area contributed by atoms with Gasteiger partial charge in [0.2, 0.25) is 5.91 Å². The topological polar surface area (TPSA) is 89.9 Å². The van der Waals surface area contributed by atoms with Crippen molar-refractivity contribution in [2.45, 2.75) is 155 Å². The minimum absolute atomic E-state index is 0.109. The Balaban J connectivity index is 1.07. The van der Waals surface area contributed by atoms with Gasteiger partial charge in [-0.05, 0) is 159 Å². The van der Waals surface area contributed by atoms with Gasteiger partial charge < -0.3 is 20.4 Å². The van der Waals surface area contributed by atoms with Crippen LogP contribution in [-0.4, -0.2) is 57.8 Å². The molecule has 7 aliphatic rings. The Morgan fingerprint density at radius 2 is 1.60 bits per heavy atom. The SMILES string of the molecule is CC(=O)N1CCC(O)(CCNC23CCCC2C2CCC4C5(C)CC=C(C6=CC[C@H](C(=O)O)CC6)C(C)(C)C5CC[C@@]4(C)[C@]2(C)CC3)CC1. The number of hydrogen-bond acceptors (Lipinski definition) is 4. The van der Waals surface area contributed by atoms with Gasteiger partial charge in [0.15, 0.2) is 0 Å². The fourth-order valence-corrected chi connectivity index (χ4v) is 14.4. The Kier molecular flexibility index (Phi) is 8.66.